The van der Waals surface area contributed by atoms with E-state index >= 15 is 0 Å². The lowest BCUT2D eigenvalue weighted by Gasteiger charge is -2.14. The Morgan fingerprint density at radius 3 is 1.03 bits per heavy atom. The summed E-state index contributed by atoms with van der Waals surface area (Å²) in [6.07, 6.45) is 0. The highest BCUT2D eigenvalue weighted by Crippen LogP contribution is 2.40. The molecule has 0 atom stereocenters. The molecule has 0 aliphatic rings. The molecule has 0 radical (unpaired) electrons. The van der Waals surface area contributed by atoms with Gasteiger partial charge in [-0.05, 0) is 88.2 Å². The summed E-state index contributed by atoms with van der Waals surface area (Å²) >= 11 is 0. The largest absolute Gasteiger partial charge is 0.0622 e. The molecule has 0 aromatic heterocycles. The van der Waals surface area contributed by atoms with E-state index in [0.717, 1.165) is 0 Å². The lowest BCUT2D eigenvalue weighted by atomic mass is 9.89. The second-order valence-corrected chi connectivity index (χ2v) is 10.2. The summed E-state index contributed by atoms with van der Waals surface area (Å²) in [5.41, 5.74) is 5.00. The van der Waals surface area contributed by atoms with E-state index in [1.807, 2.05) is 0 Å². The van der Waals surface area contributed by atoms with Gasteiger partial charge in [0, 0.05) is 0 Å². The zero-order valence-corrected chi connectivity index (χ0v) is 20.9. The van der Waals surface area contributed by atoms with Gasteiger partial charge >= 0.3 is 0 Å². The predicted octanol–water partition coefficient (Wildman–Crippen LogP) is 10.8. The van der Waals surface area contributed by atoms with Crippen LogP contribution in [0.2, 0.25) is 0 Å². The van der Waals surface area contributed by atoms with Crippen LogP contribution < -0.4 is 0 Å². The van der Waals surface area contributed by atoms with Gasteiger partial charge in [-0.3, -0.25) is 0 Å². The first-order chi connectivity index (χ1) is 18.8. The molecular formula is C38H24. The normalized spacial score (nSPS) is 11.7. The minimum atomic E-state index is 1.25. The minimum absolute atomic E-state index is 1.25. The Balaban J connectivity index is 1.47. The van der Waals surface area contributed by atoms with E-state index < -0.39 is 0 Å². The molecule has 0 saturated carbocycles. The second kappa shape index (κ2) is 8.30. The van der Waals surface area contributed by atoms with Crippen molar-refractivity contribution in [3.05, 3.63) is 146 Å². The third-order valence-corrected chi connectivity index (χ3v) is 7.99. The molecule has 176 valence electrons. The quantitative estimate of drug-likeness (QED) is 0.216. The van der Waals surface area contributed by atoms with Gasteiger partial charge in [-0.25, -0.2) is 0 Å². The third kappa shape index (κ3) is 3.24. The summed E-state index contributed by atoms with van der Waals surface area (Å²) in [6, 6.07) is 53.3. The Hall–Kier alpha value is -4.94. The minimum Gasteiger partial charge on any atom is -0.0622 e. The molecule has 0 nitrogen and oxygen atoms in total. The summed E-state index contributed by atoms with van der Waals surface area (Å²) in [7, 11) is 0. The van der Waals surface area contributed by atoms with Crippen molar-refractivity contribution in [2.45, 2.75) is 0 Å². The molecule has 0 amide bonds. The smallest absolute Gasteiger partial charge is 0.00143 e. The van der Waals surface area contributed by atoms with Gasteiger partial charge in [0.15, 0.2) is 0 Å². The molecule has 0 saturated heterocycles. The van der Waals surface area contributed by atoms with Gasteiger partial charge in [0.25, 0.3) is 0 Å². The Kier molecular flexibility index (Phi) is 4.62. The van der Waals surface area contributed by atoms with Gasteiger partial charge < -0.3 is 0 Å². The average Bonchev–Trinajstić information content (AvgIpc) is 3.00. The van der Waals surface area contributed by atoms with Crippen LogP contribution in [0.15, 0.2) is 146 Å². The highest BCUT2D eigenvalue weighted by atomic mass is 14.2. The van der Waals surface area contributed by atoms with E-state index in [1.54, 1.807) is 0 Å². The molecule has 8 rings (SSSR count). The molecule has 0 bridgehead atoms. The second-order valence-electron chi connectivity index (χ2n) is 10.2. The molecule has 0 heteroatoms. The monoisotopic (exact) mass is 480 g/mol. The van der Waals surface area contributed by atoms with Gasteiger partial charge in [0.05, 0.1) is 0 Å². The SMILES string of the molecule is c1ccc(-c2ccc3c(ccc4ccc5ccc6ccc7cc(-c8ccccc8)ccc7c6c5c43)c2)cc1. The molecule has 8 aromatic carbocycles. The van der Waals surface area contributed by atoms with Crippen molar-refractivity contribution in [3.8, 4) is 22.3 Å². The fourth-order valence-electron chi connectivity index (χ4n) is 6.14. The fourth-order valence-corrected chi connectivity index (χ4v) is 6.14. The molecule has 0 aliphatic carbocycles. The van der Waals surface area contributed by atoms with Crippen molar-refractivity contribution in [3.63, 3.8) is 0 Å². The fraction of sp³-hybridized carbons (Fsp3) is 0. The first-order valence-electron chi connectivity index (χ1n) is 13.2. The molecule has 0 aliphatic heterocycles. The number of fused-ring (bicyclic) bond motifs is 9. The van der Waals surface area contributed by atoms with Gasteiger partial charge in [-0.15, -0.1) is 0 Å². The Labute approximate surface area is 221 Å². The highest BCUT2D eigenvalue weighted by Gasteiger charge is 2.12. The molecule has 0 fully saturated rings. The van der Waals surface area contributed by atoms with Crippen molar-refractivity contribution >= 4 is 53.9 Å². The van der Waals surface area contributed by atoms with Crippen molar-refractivity contribution in [2.24, 2.45) is 0 Å². The maximum absolute atomic E-state index is 2.33. The van der Waals surface area contributed by atoms with Crippen LogP contribution in [0.3, 0.4) is 0 Å². The summed E-state index contributed by atoms with van der Waals surface area (Å²) < 4.78 is 0. The van der Waals surface area contributed by atoms with Crippen LogP contribution in [-0.2, 0) is 0 Å². The summed E-state index contributed by atoms with van der Waals surface area (Å²) in [4.78, 5) is 0. The molecular weight excluding hydrogens is 456 g/mol. The topological polar surface area (TPSA) is 0 Å². The molecule has 8 aromatic rings. The van der Waals surface area contributed by atoms with E-state index in [9.17, 15) is 0 Å². The molecule has 0 unspecified atom stereocenters. The lowest BCUT2D eigenvalue weighted by molar-refractivity contribution is 1.65. The van der Waals surface area contributed by atoms with Gasteiger partial charge in [-0.2, -0.15) is 0 Å². The number of hydrogen-bond acceptors (Lipinski definition) is 0. The lowest BCUT2D eigenvalue weighted by Crippen LogP contribution is -1.87. The van der Waals surface area contributed by atoms with Gasteiger partial charge in [0.1, 0.15) is 0 Å². The predicted molar refractivity (Wildman–Crippen MR) is 165 cm³/mol. The van der Waals surface area contributed by atoms with Crippen molar-refractivity contribution in [1.82, 2.24) is 0 Å². The van der Waals surface area contributed by atoms with Crippen LogP contribution in [0.25, 0.3) is 76.1 Å². The summed E-state index contributed by atoms with van der Waals surface area (Å²) in [6.45, 7) is 0. The van der Waals surface area contributed by atoms with Gasteiger partial charge in [-0.1, -0.05) is 133 Å². The molecule has 0 heterocycles. The van der Waals surface area contributed by atoms with Crippen LogP contribution in [-0.4, -0.2) is 0 Å². The zero-order valence-electron chi connectivity index (χ0n) is 20.9. The van der Waals surface area contributed by atoms with E-state index in [-0.39, 0.29) is 0 Å². The van der Waals surface area contributed by atoms with Crippen molar-refractivity contribution in [2.75, 3.05) is 0 Å². The van der Waals surface area contributed by atoms with Crippen LogP contribution in [0.1, 0.15) is 0 Å². The number of rotatable bonds is 2. The Morgan fingerprint density at radius 1 is 0.237 bits per heavy atom. The van der Waals surface area contributed by atoms with Gasteiger partial charge in [0.2, 0.25) is 0 Å². The Morgan fingerprint density at radius 2 is 0.605 bits per heavy atom. The zero-order chi connectivity index (χ0) is 25.1. The maximum atomic E-state index is 2.33. The highest BCUT2D eigenvalue weighted by molar-refractivity contribution is 6.32. The average molecular weight is 481 g/mol. The standard InChI is InChI=1S/C38H24/c1-3-7-25(8-4-1)30-19-21-34-32(23-30)17-15-27-11-13-29-14-12-28-16-18-33-24-31(26-9-5-2-6-10-26)20-22-35(33)37(28)38(29)36(27)34/h1-24H. The van der Waals surface area contributed by atoms with Crippen molar-refractivity contribution < 1.29 is 0 Å². The first kappa shape index (κ1) is 21.2. The summed E-state index contributed by atoms with van der Waals surface area (Å²) in [5, 5.41) is 13.0. The maximum Gasteiger partial charge on any atom is -0.00143 e. The first-order valence-corrected chi connectivity index (χ1v) is 13.2. The van der Waals surface area contributed by atoms with Crippen LogP contribution in [0, 0.1) is 0 Å². The molecule has 0 N–H and O–H groups in total. The van der Waals surface area contributed by atoms with Crippen LogP contribution in [0.5, 0.6) is 0 Å². The van der Waals surface area contributed by atoms with E-state index in [4.69, 9.17) is 0 Å². The molecule has 38 heavy (non-hydrogen) atoms. The van der Waals surface area contributed by atoms with E-state index in [2.05, 4.69) is 146 Å². The summed E-state index contributed by atoms with van der Waals surface area (Å²) in [5.74, 6) is 0. The van der Waals surface area contributed by atoms with E-state index in [1.165, 1.54) is 76.1 Å². The third-order valence-electron chi connectivity index (χ3n) is 7.99. The molecule has 0 spiro atoms. The number of benzene rings is 8. The van der Waals surface area contributed by atoms with E-state index in [0.29, 0.717) is 0 Å². The van der Waals surface area contributed by atoms with Crippen molar-refractivity contribution in [1.29, 1.82) is 0 Å². The van der Waals surface area contributed by atoms with Crippen LogP contribution >= 0.6 is 0 Å². The van der Waals surface area contributed by atoms with Crippen LogP contribution in [0.4, 0.5) is 0 Å². The Bertz CT molecular complexity index is 2000. The number of hydrogen-bond donors (Lipinski definition) is 0.